The molecule has 70 valence electrons. The van der Waals surface area contributed by atoms with E-state index in [1.165, 1.54) is 0 Å². The van der Waals surface area contributed by atoms with Crippen LogP contribution >= 0.6 is 0 Å². The Morgan fingerprint density at radius 2 is 2.07 bits per heavy atom. The quantitative estimate of drug-likeness (QED) is 0.681. The van der Waals surface area contributed by atoms with Gasteiger partial charge < -0.3 is 0 Å². The van der Waals surface area contributed by atoms with E-state index in [2.05, 4.69) is 16.0 Å². The van der Waals surface area contributed by atoms with E-state index in [1.54, 1.807) is 0 Å². The first-order valence-electron chi connectivity index (χ1n) is 4.66. The summed E-state index contributed by atoms with van der Waals surface area (Å²) in [4.78, 5) is 8.75. The van der Waals surface area contributed by atoms with Gasteiger partial charge in [-0.3, -0.25) is 9.97 Å². The summed E-state index contributed by atoms with van der Waals surface area (Å²) in [7, 11) is 0. The number of hydrogen-bond acceptors (Lipinski definition) is 2. The SMILES string of the molecule is C/C=C/c1cnc2ccc(C)nc2c1. The number of pyridine rings is 2. The molecule has 0 unspecified atom stereocenters. The number of allylic oxidation sites excluding steroid dienone is 1. The second kappa shape index (κ2) is 3.58. The normalized spacial score (nSPS) is 11.3. The van der Waals surface area contributed by atoms with Gasteiger partial charge in [-0.2, -0.15) is 0 Å². The fourth-order valence-electron chi connectivity index (χ4n) is 1.41. The molecule has 0 spiro atoms. The molecule has 2 nitrogen and oxygen atoms in total. The van der Waals surface area contributed by atoms with Crippen LogP contribution in [-0.4, -0.2) is 9.97 Å². The molecule has 2 rings (SSSR count). The Morgan fingerprint density at radius 1 is 1.21 bits per heavy atom. The standard InChI is InChI=1S/C12H12N2/c1-3-4-10-7-12-11(13-8-10)6-5-9(2)14-12/h3-8H,1-2H3/b4-3+. The van der Waals surface area contributed by atoms with Crippen LogP contribution in [0.15, 0.2) is 30.5 Å². The van der Waals surface area contributed by atoms with Crippen molar-refractivity contribution in [3.05, 3.63) is 41.7 Å². The van der Waals surface area contributed by atoms with Gasteiger partial charge in [0.15, 0.2) is 0 Å². The zero-order chi connectivity index (χ0) is 9.97. The molecule has 2 heteroatoms. The zero-order valence-electron chi connectivity index (χ0n) is 8.36. The lowest BCUT2D eigenvalue weighted by molar-refractivity contribution is 1.23. The largest absolute Gasteiger partial charge is 0.254 e. The van der Waals surface area contributed by atoms with Gasteiger partial charge in [0.05, 0.1) is 11.0 Å². The molecule has 0 aliphatic heterocycles. The van der Waals surface area contributed by atoms with Crippen LogP contribution in [0, 0.1) is 6.92 Å². The highest BCUT2D eigenvalue weighted by atomic mass is 14.7. The van der Waals surface area contributed by atoms with Crippen molar-refractivity contribution in [2.24, 2.45) is 0 Å². The molecule has 2 aromatic heterocycles. The maximum atomic E-state index is 4.42. The van der Waals surface area contributed by atoms with Crippen LogP contribution in [0.3, 0.4) is 0 Å². The minimum atomic E-state index is 0.948. The fraction of sp³-hybridized carbons (Fsp3) is 0.167. The molecule has 14 heavy (non-hydrogen) atoms. The van der Waals surface area contributed by atoms with Crippen LogP contribution in [0.5, 0.6) is 0 Å². The summed E-state index contributed by atoms with van der Waals surface area (Å²) in [5.74, 6) is 0. The molecule has 0 atom stereocenters. The van der Waals surface area contributed by atoms with E-state index in [0.29, 0.717) is 0 Å². The molecule has 0 fully saturated rings. The van der Waals surface area contributed by atoms with Crippen molar-refractivity contribution in [2.75, 3.05) is 0 Å². The van der Waals surface area contributed by atoms with Crippen LogP contribution in [-0.2, 0) is 0 Å². The topological polar surface area (TPSA) is 25.8 Å². The molecule has 0 N–H and O–H groups in total. The highest BCUT2D eigenvalue weighted by molar-refractivity contribution is 5.76. The third kappa shape index (κ3) is 1.64. The number of fused-ring (bicyclic) bond motifs is 1. The Labute approximate surface area is 83.3 Å². The van der Waals surface area contributed by atoms with Gasteiger partial charge in [0.25, 0.3) is 0 Å². The first-order valence-corrected chi connectivity index (χ1v) is 4.66. The van der Waals surface area contributed by atoms with Gasteiger partial charge in [-0.05, 0) is 37.6 Å². The minimum Gasteiger partial charge on any atom is -0.254 e. The number of rotatable bonds is 1. The Balaban J connectivity index is 2.63. The molecule has 2 aromatic rings. The van der Waals surface area contributed by atoms with E-state index in [9.17, 15) is 0 Å². The molecular formula is C12H12N2. The van der Waals surface area contributed by atoms with Gasteiger partial charge >= 0.3 is 0 Å². The molecule has 0 radical (unpaired) electrons. The van der Waals surface area contributed by atoms with E-state index < -0.39 is 0 Å². The second-order valence-electron chi connectivity index (χ2n) is 3.26. The summed E-state index contributed by atoms with van der Waals surface area (Å²) < 4.78 is 0. The van der Waals surface area contributed by atoms with Gasteiger partial charge in [0.1, 0.15) is 0 Å². The molecular weight excluding hydrogens is 172 g/mol. The van der Waals surface area contributed by atoms with Gasteiger partial charge in [0.2, 0.25) is 0 Å². The third-order valence-corrected chi connectivity index (χ3v) is 2.06. The zero-order valence-corrected chi connectivity index (χ0v) is 8.36. The van der Waals surface area contributed by atoms with Gasteiger partial charge in [-0.1, -0.05) is 12.2 Å². The van der Waals surface area contributed by atoms with Crippen molar-refractivity contribution in [2.45, 2.75) is 13.8 Å². The monoisotopic (exact) mass is 184 g/mol. The number of aromatic nitrogens is 2. The number of nitrogens with zero attached hydrogens (tertiary/aromatic N) is 2. The van der Waals surface area contributed by atoms with E-state index >= 15 is 0 Å². The van der Waals surface area contributed by atoms with E-state index in [1.807, 2.05) is 44.3 Å². The molecule has 0 bridgehead atoms. The van der Waals surface area contributed by atoms with Crippen molar-refractivity contribution in [1.82, 2.24) is 9.97 Å². The molecule has 0 saturated carbocycles. The van der Waals surface area contributed by atoms with Crippen LogP contribution in [0.4, 0.5) is 0 Å². The smallest absolute Gasteiger partial charge is 0.0895 e. The summed E-state index contributed by atoms with van der Waals surface area (Å²) in [5.41, 5.74) is 4.03. The minimum absolute atomic E-state index is 0.948. The predicted molar refractivity (Wildman–Crippen MR) is 59.0 cm³/mol. The summed E-state index contributed by atoms with van der Waals surface area (Å²) in [6, 6.07) is 6.02. The van der Waals surface area contributed by atoms with E-state index in [0.717, 1.165) is 22.3 Å². The Morgan fingerprint density at radius 3 is 2.86 bits per heavy atom. The molecule has 0 saturated heterocycles. The van der Waals surface area contributed by atoms with Crippen molar-refractivity contribution >= 4 is 17.1 Å². The Bertz CT molecular complexity index is 487. The Hall–Kier alpha value is -1.70. The Kier molecular flexibility index (Phi) is 2.27. The molecule has 0 aliphatic rings. The highest BCUT2D eigenvalue weighted by Crippen LogP contribution is 2.12. The lowest BCUT2D eigenvalue weighted by Gasteiger charge is -1.99. The number of aryl methyl sites for hydroxylation is 1. The van der Waals surface area contributed by atoms with Crippen molar-refractivity contribution in [1.29, 1.82) is 0 Å². The van der Waals surface area contributed by atoms with E-state index in [4.69, 9.17) is 0 Å². The van der Waals surface area contributed by atoms with Crippen LogP contribution in [0.25, 0.3) is 17.1 Å². The summed E-state index contributed by atoms with van der Waals surface area (Å²) in [6.45, 7) is 3.98. The van der Waals surface area contributed by atoms with Crippen LogP contribution < -0.4 is 0 Å². The van der Waals surface area contributed by atoms with E-state index in [-0.39, 0.29) is 0 Å². The average molecular weight is 184 g/mol. The maximum absolute atomic E-state index is 4.42. The maximum Gasteiger partial charge on any atom is 0.0895 e. The molecule has 2 heterocycles. The summed E-state index contributed by atoms with van der Waals surface area (Å²) in [5, 5.41) is 0. The molecule has 0 aromatic carbocycles. The van der Waals surface area contributed by atoms with Gasteiger partial charge in [0, 0.05) is 11.9 Å². The van der Waals surface area contributed by atoms with Crippen molar-refractivity contribution in [3.63, 3.8) is 0 Å². The first-order chi connectivity index (χ1) is 6.79. The summed E-state index contributed by atoms with van der Waals surface area (Å²) in [6.07, 6.45) is 5.88. The third-order valence-electron chi connectivity index (χ3n) is 2.06. The average Bonchev–Trinajstić information content (AvgIpc) is 2.17. The van der Waals surface area contributed by atoms with Gasteiger partial charge in [-0.15, -0.1) is 0 Å². The lowest BCUT2D eigenvalue weighted by Crippen LogP contribution is -1.86. The fourth-order valence-corrected chi connectivity index (χ4v) is 1.41. The lowest BCUT2D eigenvalue weighted by atomic mass is 10.2. The molecule has 0 aliphatic carbocycles. The second-order valence-corrected chi connectivity index (χ2v) is 3.26. The van der Waals surface area contributed by atoms with Crippen molar-refractivity contribution < 1.29 is 0 Å². The van der Waals surface area contributed by atoms with Crippen LogP contribution in [0.2, 0.25) is 0 Å². The highest BCUT2D eigenvalue weighted by Gasteiger charge is 1.96. The predicted octanol–water partition coefficient (Wildman–Crippen LogP) is 2.97. The first kappa shape index (κ1) is 8.88. The van der Waals surface area contributed by atoms with Crippen molar-refractivity contribution in [3.8, 4) is 0 Å². The molecule has 0 amide bonds. The van der Waals surface area contributed by atoms with Crippen LogP contribution in [0.1, 0.15) is 18.2 Å². The summed E-state index contributed by atoms with van der Waals surface area (Å²) >= 11 is 0. The number of hydrogen-bond donors (Lipinski definition) is 0. The van der Waals surface area contributed by atoms with Gasteiger partial charge in [-0.25, -0.2) is 0 Å².